The van der Waals surface area contributed by atoms with Gasteiger partial charge in [0.2, 0.25) is 0 Å². The lowest BCUT2D eigenvalue weighted by molar-refractivity contribution is -0.111. The Labute approximate surface area is 110 Å². The normalized spacial score (nSPS) is 13.8. The van der Waals surface area contributed by atoms with E-state index in [1.54, 1.807) is 19.2 Å². The van der Waals surface area contributed by atoms with Crippen molar-refractivity contribution in [3.05, 3.63) is 34.1 Å². The monoisotopic (exact) mass is 304 g/mol. The van der Waals surface area contributed by atoms with Crippen LogP contribution in [0.4, 0.5) is 4.39 Å². The minimum Gasteiger partial charge on any atom is -0.385 e. The van der Waals surface area contributed by atoms with E-state index < -0.39 is 17.5 Å². The van der Waals surface area contributed by atoms with E-state index in [1.165, 1.54) is 6.07 Å². The van der Waals surface area contributed by atoms with E-state index in [2.05, 4.69) is 15.9 Å². The van der Waals surface area contributed by atoms with Crippen LogP contribution < -0.4 is 0 Å². The average Bonchev–Trinajstić information content (AvgIpc) is 2.35. The highest BCUT2D eigenvalue weighted by atomic mass is 79.9. The van der Waals surface area contributed by atoms with Gasteiger partial charge in [0.15, 0.2) is 0 Å². The average molecular weight is 305 g/mol. The Kier molecular flexibility index (Phi) is 5.10. The van der Waals surface area contributed by atoms with Crippen molar-refractivity contribution in [1.29, 1.82) is 0 Å². The fourth-order valence-corrected chi connectivity index (χ4v) is 2.42. The van der Waals surface area contributed by atoms with Gasteiger partial charge in [0.25, 0.3) is 0 Å². The Bertz CT molecular complexity index is 369. The topological polar surface area (TPSA) is 29.5 Å². The van der Waals surface area contributed by atoms with Crippen LogP contribution in [0.15, 0.2) is 22.7 Å². The van der Waals surface area contributed by atoms with E-state index in [0.29, 0.717) is 12.8 Å². The Hall–Kier alpha value is -0.450. The minimum atomic E-state index is -0.972. The van der Waals surface area contributed by atoms with Gasteiger partial charge in [-0.05, 0) is 31.0 Å². The van der Waals surface area contributed by atoms with Crippen LogP contribution in [0.3, 0.4) is 0 Å². The van der Waals surface area contributed by atoms with Crippen molar-refractivity contribution in [1.82, 2.24) is 0 Å². The van der Waals surface area contributed by atoms with Crippen molar-refractivity contribution in [2.45, 2.75) is 38.4 Å². The van der Waals surface area contributed by atoms with Gasteiger partial charge in [-0.25, -0.2) is 4.39 Å². The van der Waals surface area contributed by atoms with E-state index in [1.807, 2.05) is 13.8 Å². The van der Waals surface area contributed by atoms with Crippen molar-refractivity contribution < 1.29 is 14.2 Å². The standard InChI is InChI=1S/C13H18BrFO2/c1-4-13(5-2,17-3)12(16)10-8-9(14)6-7-11(10)15/h6-8,12,16H,4-5H2,1-3H3. The maximum Gasteiger partial charge on any atom is 0.129 e. The van der Waals surface area contributed by atoms with Crippen LogP contribution in [-0.4, -0.2) is 17.8 Å². The maximum atomic E-state index is 13.7. The Morgan fingerprint density at radius 1 is 1.41 bits per heavy atom. The number of hydrogen-bond donors (Lipinski definition) is 1. The second-order valence-corrected chi connectivity index (χ2v) is 4.96. The summed E-state index contributed by atoms with van der Waals surface area (Å²) in [4.78, 5) is 0. The van der Waals surface area contributed by atoms with E-state index in [0.717, 1.165) is 4.47 Å². The SMILES string of the molecule is CCC(CC)(OC)C(O)c1cc(Br)ccc1F. The molecule has 0 bridgehead atoms. The molecule has 2 nitrogen and oxygen atoms in total. The molecular formula is C13H18BrFO2. The molecule has 17 heavy (non-hydrogen) atoms. The van der Waals surface area contributed by atoms with Crippen LogP contribution in [0.5, 0.6) is 0 Å². The third-order valence-electron chi connectivity index (χ3n) is 3.35. The molecule has 0 aliphatic carbocycles. The van der Waals surface area contributed by atoms with Crippen molar-refractivity contribution >= 4 is 15.9 Å². The summed E-state index contributed by atoms with van der Waals surface area (Å²) in [7, 11) is 1.55. The third-order valence-corrected chi connectivity index (χ3v) is 3.85. The molecule has 4 heteroatoms. The molecule has 1 atom stereocenters. The van der Waals surface area contributed by atoms with Crippen LogP contribution in [0, 0.1) is 5.82 Å². The number of methoxy groups -OCH3 is 1. The molecule has 0 aliphatic rings. The molecule has 1 aromatic carbocycles. The van der Waals surface area contributed by atoms with E-state index in [-0.39, 0.29) is 5.56 Å². The molecule has 0 saturated heterocycles. The minimum absolute atomic E-state index is 0.268. The van der Waals surface area contributed by atoms with Gasteiger partial charge in [-0.15, -0.1) is 0 Å². The second kappa shape index (κ2) is 5.94. The number of ether oxygens (including phenoxy) is 1. The molecule has 0 aliphatic heterocycles. The lowest BCUT2D eigenvalue weighted by Crippen LogP contribution is -2.37. The number of hydrogen-bond acceptors (Lipinski definition) is 2. The van der Waals surface area contributed by atoms with E-state index >= 15 is 0 Å². The molecule has 1 unspecified atom stereocenters. The van der Waals surface area contributed by atoms with Gasteiger partial charge in [-0.2, -0.15) is 0 Å². The van der Waals surface area contributed by atoms with Crippen molar-refractivity contribution in [2.24, 2.45) is 0 Å². The first-order chi connectivity index (χ1) is 8.00. The summed E-state index contributed by atoms with van der Waals surface area (Å²) >= 11 is 3.28. The third kappa shape index (κ3) is 2.87. The van der Waals surface area contributed by atoms with Crippen molar-refractivity contribution in [2.75, 3.05) is 7.11 Å². The quantitative estimate of drug-likeness (QED) is 0.896. The lowest BCUT2D eigenvalue weighted by Gasteiger charge is -2.35. The van der Waals surface area contributed by atoms with Gasteiger partial charge in [0.1, 0.15) is 11.9 Å². The number of aliphatic hydroxyl groups excluding tert-OH is 1. The highest BCUT2D eigenvalue weighted by Gasteiger charge is 2.37. The number of halogens is 2. The van der Waals surface area contributed by atoms with Crippen LogP contribution in [0.25, 0.3) is 0 Å². The van der Waals surface area contributed by atoms with Gasteiger partial charge < -0.3 is 9.84 Å². The summed E-state index contributed by atoms with van der Waals surface area (Å²) in [6.45, 7) is 3.85. The predicted molar refractivity (Wildman–Crippen MR) is 69.4 cm³/mol. The Morgan fingerprint density at radius 3 is 2.47 bits per heavy atom. The summed E-state index contributed by atoms with van der Waals surface area (Å²) in [5, 5.41) is 10.4. The van der Waals surface area contributed by atoms with Gasteiger partial charge in [0.05, 0.1) is 5.60 Å². The van der Waals surface area contributed by atoms with Crippen LogP contribution in [-0.2, 0) is 4.74 Å². The molecule has 1 N–H and O–H groups in total. The fraction of sp³-hybridized carbons (Fsp3) is 0.538. The number of benzene rings is 1. The Morgan fingerprint density at radius 2 is 2.00 bits per heavy atom. The first-order valence-corrected chi connectivity index (χ1v) is 6.48. The largest absolute Gasteiger partial charge is 0.385 e. The summed E-state index contributed by atoms with van der Waals surface area (Å²) in [5.74, 6) is -0.413. The molecule has 1 aromatic rings. The molecule has 0 heterocycles. The van der Waals surface area contributed by atoms with Gasteiger partial charge >= 0.3 is 0 Å². The molecule has 0 saturated carbocycles. The van der Waals surface area contributed by atoms with Crippen molar-refractivity contribution in [3.8, 4) is 0 Å². The molecule has 1 rings (SSSR count). The zero-order valence-electron chi connectivity index (χ0n) is 10.3. The van der Waals surface area contributed by atoms with Gasteiger partial charge in [-0.3, -0.25) is 0 Å². The summed E-state index contributed by atoms with van der Waals surface area (Å²) in [6, 6.07) is 4.55. The zero-order valence-corrected chi connectivity index (χ0v) is 11.9. The molecule has 0 fully saturated rings. The molecule has 0 amide bonds. The smallest absolute Gasteiger partial charge is 0.129 e. The van der Waals surface area contributed by atoms with Crippen LogP contribution in [0.1, 0.15) is 38.4 Å². The molecule has 96 valence electrons. The molecule has 0 spiro atoms. The highest BCUT2D eigenvalue weighted by Crippen LogP contribution is 2.36. The van der Waals surface area contributed by atoms with Gasteiger partial charge in [0, 0.05) is 17.1 Å². The van der Waals surface area contributed by atoms with Crippen molar-refractivity contribution in [3.63, 3.8) is 0 Å². The highest BCUT2D eigenvalue weighted by molar-refractivity contribution is 9.10. The van der Waals surface area contributed by atoms with E-state index in [4.69, 9.17) is 4.74 Å². The zero-order chi connectivity index (χ0) is 13.1. The number of rotatable bonds is 5. The molecular weight excluding hydrogens is 287 g/mol. The molecule has 0 aromatic heterocycles. The van der Waals surface area contributed by atoms with Crippen LogP contribution >= 0.6 is 15.9 Å². The van der Waals surface area contributed by atoms with E-state index in [9.17, 15) is 9.50 Å². The number of aliphatic hydroxyl groups is 1. The fourth-order valence-electron chi connectivity index (χ4n) is 2.04. The summed E-state index contributed by atoms with van der Waals surface area (Å²) in [6.07, 6.45) is 0.264. The Balaban J connectivity index is 3.17. The van der Waals surface area contributed by atoms with Crippen LogP contribution in [0.2, 0.25) is 0 Å². The summed E-state index contributed by atoms with van der Waals surface area (Å²) in [5.41, 5.74) is -0.466. The maximum absolute atomic E-state index is 13.7. The molecule has 0 radical (unpaired) electrons. The van der Waals surface area contributed by atoms with Gasteiger partial charge in [-0.1, -0.05) is 29.8 Å². The lowest BCUT2D eigenvalue weighted by atomic mass is 9.86. The summed E-state index contributed by atoms with van der Waals surface area (Å²) < 4.78 is 19.9. The first-order valence-electron chi connectivity index (χ1n) is 5.69. The predicted octanol–water partition coefficient (Wildman–Crippen LogP) is 3.83. The second-order valence-electron chi connectivity index (χ2n) is 4.04. The first kappa shape index (κ1) is 14.6.